The van der Waals surface area contributed by atoms with E-state index in [4.69, 9.17) is 0 Å². The van der Waals surface area contributed by atoms with E-state index in [2.05, 4.69) is 44.6 Å². The van der Waals surface area contributed by atoms with E-state index in [1.165, 1.54) is 24.0 Å². The van der Waals surface area contributed by atoms with E-state index >= 15 is 0 Å². The molecule has 1 aromatic carbocycles. The van der Waals surface area contributed by atoms with Gasteiger partial charge >= 0.3 is 0 Å². The molecule has 1 aliphatic carbocycles. The second-order valence-corrected chi connectivity index (χ2v) is 6.03. The fourth-order valence-electron chi connectivity index (χ4n) is 2.80. The molecule has 23 heavy (non-hydrogen) atoms. The van der Waals surface area contributed by atoms with Crippen LogP contribution in [-0.2, 0) is 13.6 Å². The van der Waals surface area contributed by atoms with Crippen molar-refractivity contribution in [1.82, 2.24) is 19.7 Å². The lowest BCUT2D eigenvalue weighted by atomic mass is 10.1. The van der Waals surface area contributed by atoms with E-state index in [9.17, 15) is 0 Å². The maximum atomic E-state index is 4.50. The van der Waals surface area contributed by atoms with Crippen LogP contribution in [0.3, 0.4) is 0 Å². The third-order valence-corrected chi connectivity index (χ3v) is 4.12. The maximum absolute atomic E-state index is 4.50. The van der Waals surface area contributed by atoms with Gasteiger partial charge in [0.2, 0.25) is 0 Å². The Labute approximate surface area is 135 Å². The summed E-state index contributed by atoms with van der Waals surface area (Å²) in [5, 5.41) is 7.98. The highest BCUT2D eigenvalue weighted by molar-refractivity contribution is 5.70. The summed E-state index contributed by atoms with van der Waals surface area (Å²) in [6.07, 6.45) is 9.73. The Bertz CT molecular complexity index is 805. The summed E-state index contributed by atoms with van der Waals surface area (Å²) in [5.41, 5.74) is 5.35. The molecule has 1 fully saturated rings. The highest BCUT2D eigenvalue weighted by atomic mass is 15.3. The number of aryl methyl sites for hydroxylation is 1. The van der Waals surface area contributed by atoms with Crippen LogP contribution in [-0.4, -0.2) is 19.7 Å². The Morgan fingerprint density at radius 2 is 2.17 bits per heavy atom. The largest absolute Gasteiger partial charge is 0.378 e. The van der Waals surface area contributed by atoms with Crippen LogP contribution in [0.5, 0.6) is 0 Å². The molecule has 0 spiro atoms. The number of nitrogens with one attached hydrogen (secondary N) is 1. The smallest absolute Gasteiger partial charge is 0.135 e. The lowest BCUT2D eigenvalue weighted by molar-refractivity contribution is 0.770. The van der Waals surface area contributed by atoms with Gasteiger partial charge in [0, 0.05) is 32.2 Å². The van der Waals surface area contributed by atoms with Crippen molar-refractivity contribution < 1.29 is 0 Å². The van der Waals surface area contributed by atoms with Crippen molar-refractivity contribution in [2.45, 2.75) is 25.3 Å². The van der Waals surface area contributed by atoms with Crippen molar-refractivity contribution in [2.75, 3.05) is 5.32 Å². The Morgan fingerprint density at radius 3 is 2.96 bits per heavy atom. The summed E-state index contributed by atoms with van der Waals surface area (Å²) in [7, 11) is 1.92. The molecule has 0 saturated heterocycles. The topological polar surface area (TPSA) is 55.6 Å². The molecule has 0 unspecified atom stereocenters. The lowest BCUT2D eigenvalue weighted by Gasteiger charge is -2.08. The van der Waals surface area contributed by atoms with Gasteiger partial charge in [-0.2, -0.15) is 5.10 Å². The van der Waals surface area contributed by atoms with Crippen molar-refractivity contribution in [3.63, 3.8) is 0 Å². The van der Waals surface area contributed by atoms with Crippen LogP contribution in [0.1, 0.15) is 29.9 Å². The average Bonchev–Trinajstić information content (AvgIpc) is 3.37. The molecule has 116 valence electrons. The summed E-state index contributed by atoms with van der Waals surface area (Å²) in [6.45, 7) is 0.777. The second-order valence-electron chi connectivity index (χ2n) is 6.03. The van der Waals surface area contributed by atoms with Gasteiger partial charge in [-0.05, 0) is 29.9 Å². The molecule has 0 atom stereocenters. The molecule has 1 aliphatic rings. The predicted octanol–water partition coefficient (Wildman–Crippen LogP) is 3.37. The van der Waals surface area contributed by atoms with E-state index in [1.54, 1.807) is 23.3 Å². The Balaban J connectivity index is 1.54. The van der Waals surface area contributed by atoms with Gasteiger partial charge in [0.05, 0.1) is 11.9 Å². The van der Waals surface area contributed by atoms with Crippen molar-refractivity contribution in [1.29, 1.82) is 0 Å². The summed E-state index contributed by atoms with van der Waals surface area (Å²) < 4.78 is 1.80. The normalized spacial score (nSPS) is 14.0. The molecule has 0 amide bonds. The zero-order valence-electron chi connectivity index (χ0n) is 13.1. The molecule has 0 bridgehead atoms. The van der Waals surface area contributed by atoms with Gasteiger partial charge in [-0.15, -0.1) is 0 Å². The molecule has 2 aromatic heterocycles. The summed E-state index contributed by atoms with van der Waals surface area (Å²) in [4.78, 5) is 8.47. The van der Waals surface area contributed by atoms with Gasteiger partial charge in [0.25, 0.3) is 0 Å². The molecule has 5 nitrogen and oxygen atoms in total. The first-order valence-corrected chi connectivity index (χ1v) is 7.92. The van der Waals surface area contributed by atoms with Crippen molar-refractivity contribution in [3.8, 4) is 11.4 Å². The first-order valence-electron chi connectivity index (χ1n) is 7.92. The van der Waals surface area contributed by atoms with Gasteiger partial charge in [-0.3, -0.25) is 14.6 Å². The van der Waals surface area contributed by atoms with E-state index in [1.807, 2.05) is 13.2 Å². The van der Waals surface area contributed by atoms with Gasteiger partial charge in [-0.1, -0.05) is 24.3 Å². The predicted molar refractivity (Wildman–Crippen MR) is 90.0 cm³/mol. The van der Waals surface area contributed by atoms with Gasteiger partial charge in [0.1, 0.15) is 11.4 Å². The molecule has 1 N–H and O–H groups in total. The molecular formula is C18H19N5. The average molecular weight is 305 g/mol. The van der Waals surface area contributed by atoms with Crippen molar-refractivity contribution in [2.24, 2.45) is 7.05 Å². The van der Waals surface area contributed by atoms with E-state index in [0.717, 1.165) is 29.5 Å². The standard InChI is InChI=1S/C18H19N5/c1-23-12-17(18(22-23)16-11-19-7-8-20-16)21-10-13-3-2-4-15(9-13)14-5-6-14/h2-4,7-9,11-12,14,21H,5-6,10H2,1H3. The number of rotatable bonds is 5. The third kappa shape index (κ3) is 3.08. The second kappa shape index (κ2) is 5.83. The van der Waals surface area contributed by atoms with Gasteiger partial charge < -0.3 is 5.32 Å². The van der Waals surface area contributed by atoms with Crippen molar-refractivity contribution in [3.05, 3.63) is 60.2 Å². The first kappa shape index (κ1) is 13.9. The van der Waals surface area contributed by atoms with Crippen LogP contribution in [0, 0.1) is 0 Å². The minimum atomic E-state index is 0.777. The maximum Gasteiger partial charge on any atom is 0.135 e. The Hall–Kier alpha value is -2.69. The minimum Gasteiger partial charge on any atom is -0.378 e. The van der Waals surface area contributed by atoms with Crippen LogP contribution in [0.2, 0.25) is 0 Å². The molecule has 2 heterocycles. The SMILES string of the molecule is Cn1cc(NCc2cccc(C3CC3)c2)c(-c2cnccn2)n1. The van der Waals surface area contributed by atoms with Crippen LogP contribution >= 0.6 is 0 Å². The summed E-state index contributed by atoms with van der Waals surface area (Å²) >= 11 is 0. The zero-order chi connectivity index (χ0) is 15.6. The molecule has 0 aliphatic heterocycles. The van der Waals surface area contributed by atoms with E-state index in [0.29, 0.717) is 0 Å². The number of aromatic nitrogens is 4. The quantitative estimate of drug-likeness (QED) is 0.785. The van der Waals surface area contributed by atoms with Crippen LogP contribution in [0.25, 0.3) is 11.4 Å². The molecule has 1 saturated carbocycles. The van der Waals surface area contributed by atoms with Crippen molar-refractivity contribution >= 4 is 5.69 Å². The summed E-state index contributed by atoms with van der Waals surface area (Å²) in [5.74, 6) is 0.781. The Kier molecular flexibility index (Phi) is 3.54. The van der Waals surface area contributed by atoms with Crippen LogP contribution in [0.15, 0.2) is 49.1 Å². The first-order chi connectivity index (χ1) is 11.3. The highest BCUT2D eigenvalue weighted by Gasteiger charge is 2.23. The van der Waals surface area contributed by atoms with Gasteiger partial charge in [-0.25, -0.2) is 0 Å². The number of nitrogens with zero attached hydrogens (tertiary/aromatic N) is 4. The Morgan fingerprint density at radius 1 is 1.26 bits per heavy atom. The number of hydrogen-bond acceptors (Lipinski definition) is 4. The van der Waals surface area contributed by atoms with Crippen LogP contribution in [0.4, 0.5) is 5.69 Å². The third-order valence-electron chi connectivity index (χ3n) is 4.12. The van der Waals surface area contributed by atoms with Gasteiger partial charge in [0.15, 0.2) is 0 Å². The van der Waals surface area contributed by atoms with Crippen LogP contribution < -0.4 is 5.32 Å². The molecule has 4 rings (SSSR count). The summed E-state index contributed by atoms with van der Waals surface area (Å²) in [6, 6.07) is 8.86. The fraction of sp³-hybridized carbons (Fsp3) is 0.278. The number of anilines is 1. The molecule has 5 heteroatoms. The molecular weight excluding hydrogens is 286 g/mol. The zero-order valence-corrected chi connectivity index (χ0v) is 13.1. The monoisotopic (exact) mass is 305 g/mol. The molecule has 0 radical (unpaired) electrons. The minimum absolute atomic E-state index is 0.777. The molecule has 3 aromatic rings. The number of hydrogen-bond donors (Lipinski definition) is 1. The highest BCUT2D eigenvalue weighted by Crippen LogP contribution is 2.40. The van der Waals surface area contributed by atoms with E-state index < -0.39 is 0 Å². The van der Waals surface area contributed by atoms with E-state index in [-0.39, 0.29) is 0 Å². The number of benzene rings is 1. The fourth-order valence-corrected chi connectivity index (χ4v) is 2.80. The lowest BCUT2D eigenvalue weighted by Crippen LogP contribution is -2.00.